The van der Waals surface area contributed by atoms with Gasteiger partial charge in [-0.05, 0) is 49.0 Å². The Labute approximate surface area is 158 Å². The van der Waals surface area contributed by atoms with Crippen LogP contribution in [0.5, 0.6) is 0 Å². The molecule has 0 bridgehead atoms. The Hall–Kier alpha value is -2.24. The van der Waals surface area contributed by atoms with E-state index in [1.165, 1.54) is 11.1 Å². The Morgan fingerprint density at radius 3 is 2.46 bits per heavy atom. The van der Waals surface area contributed by atoms with Crippen molar-refractivity contribution >= 4 is 23.4 Å². The lowest BCUT2D eigenvalue weighted by molar-refractivity contribution is -0.114. The van der Waals surface area contributed by atoms with E-state index in [9.17, 15) is 4.79 Å². The first-order valence-electron chi connectivity index (χ1n) is 9.05. The molecule has 1 atom stereocenters. The van der Waals surface area contributed by atoms with Gasteiger partial charge in [0, 0.05) is 11.1 Å². The standard InChI is InChI=1S/C21H23N3OS/c22-20(25)19-14-26-21(16-6-2-1-3-7-16)24(19)18-9-5-4-8-17(18)15-10-12-23-13-11-15/h1-9,14-15,21,23H,10-13H2,(H2,22,25). The number of carbonyl (C=O) groups is 1. The molecule has 2 heterocycles. The summed E-state index contributed by atoms with van der Waals surface area (Å²) >= 11 is 1.64. The number of piperidine rings is 1. The third-order valence-electron chi connectivity index (χ3n) is 5.12. The number of thioether (sulfide) groups is 1. The molecular weight excluding hydrogens is 342 g/mol. The molecule has 0 aliphatic carbocycles. The number of nitrogens with one attached hydrogen (secondary N) is 1. The second kappa shape index (κ2) is 7.56. The van der Waals surface area contributed by atoms with Crippen LogP contribution in [0.25, 0.3) is 0 Å². The second-order valence-corrected chi connectivity index (χ2v) is 7.67. The molecular formula is C21H23N3OS. The first-order chi connectivity index (χ1) is 12.8. The number of nitrogens with two attached hydrogens (primary N) is 1. The summed E-state index contributed by atoms with van der Waals surface area (Å²) in [5.74, 6) is 0.125. The highest BCUT2D eigenvalue weighted by molar-refractivity contribution is 8.02. The SMILES string of the molecule is NC(=O)C1=CSC(c2ccccc2)N1c1ccccc1C1CCNCC1. The van der Waals surface area contributed by atoms with Crippen molar-refractivity contribution in [1.29, 1.82) is 0 Å². The molecule has 0 saturated carbocycles. The molecule has 2 aliphatic rings. The smallest absolute Gasteiger partial charge is 0.265 e. The maximum atomic E-state index is 12.1. The molecule has 0 aromatic heterocycles. The van der Waals surface area contributed by atoms with Crippen LogP contribution >= 0.6 is 11.8 Å². The number of hydrogen-bond acceptors (Lipinski definition) is 4. The lowest BCUT2D eigenvalue weighted by Crippen LogP contribution is -2.32. The summed E-state index contributed by atoms with van der Waals surface area (Å²) in [6, 6.07) is 18.8. The van der Waals surface area contributed by atoms with E-state index in [1.807, 2.05) is 29.7 Å². The molecule has 0 spiro atoms. The molecule has 5 heteroatoms. The molecule has 2 aromatic rings. The van der Waals surface area contributed by atoms with Gasteiger partial charge in [-0.2, -0.15) is 0 Å². The fraction of sp³-hybridized carbons (Fsp3) is 0.286. The number of hydrogen-bond donors (Lipinski definition) is 2. The number of primary amides is 1. The van der Waals surface area contributed by atoms with Gasteiger partial charge in [-0.1, -0.05) is 48.5 Å². The number of carbonyl (C=O) groups excluding carboxylic acids is 1. The number of rotatable bonds is 4. The Kier molecular flexibility index (Phi) is 5.00. The van der Waals surface area contributed by atoms with E-state index in [0.717, 1.165) is 31.6 Å². The summed E-state index contributed by atoms with van der Waals surface area (Å²) in [7, 11) is 0. The lowest BCUT2D eigenvalue weighted by Gasteiger charge is -2.33. The largest absolute Gasteiger partial charge is 0.364 e. The van der Waals surface area contributed by atoms with Gasteiger partial charge in [0.2, 0.25) is 0 Å². The van der Waals surface area contributed by atoms with Crippen LogP contribution in [0.1, 0.15) is 35.3 Å². The minimum absolute atomic E-state index is 0.0292. The van der Waals surface area contributed by atoms with Gasteiger partial charge in [-0.3, -0.25) is 4.79 Å². The third kappa shape index (κ3) is 3.24. The van der Waals surface area contributed by atoms with Gasteiger partial charge in [-0.25, -0.2) is 0 Å². The van der Waals surface area contributed by atoms with Crippen LogP contribution in [0.2, 0.25) is 0 Å². The van der Waals surface area contributed by atoms with Crippen LogP contribution in [-0.4, -0.2) is 19.0 Å². The van der Waals surface area contributed by atoms with Crippen molar-refractivity contribution in [3.8, 4) is 0 Å². The Morgan fingerprint density at radius 2 is 1.73 bits per heavy atom. The molecule has 2 aliphatic heterocycles. The Balaban J connectivity index is 1.77. The number of nitrogens with zero attached hydrogens (tertiary/aromatic N) is 1. The second-order valence-electron chi connectivity index (χ2n) is 6.72. The lowest BCUT2D eigenvalue weighted by atomic mass is 9.88. The van der Waals surface area contributed by atoms with Gasteiger partial charge < -0.3 is 16.0 Å². The molecule has 4 rings (SSSR count). The van der Waals surface area contributed by atoms with Gasteiger partial charge in [-0.15, -0.1) is 11.8 Å². The average Bonchev–Trinajstić information content (AvgIpc) is 3.15. The molecule has 0 radical (unpaired) electrons. The highest BCUT2D eigenvalue weighted by Crippen LogP contribution is 2.47. The van der Waals surface area contributed by atoms with E-state index in [1.54, 1.807) is 11.8 Å². The van der Waals surface area contributed by atoms with E-state index >= 15 is 0 Å². The topological polar surface area (TPSA) is 58.4 Å². The van der Waals surface area contributed by atoms with Crippen LogP contribution in [0.3, 0.4) is 0 Å². The van der Waals surface area contributed by atoms with Crippen molar-refractivity contribution in [2.24, 2.45) is 5.73 Å². The average molecular weight is 366 g/mol. The zero-order chi connectivity index (χ0) is 17.9. The molecule has 1 fully saturated rings. The van der Waals surface area contributed by atoms with Crippen molar-refractivity contribution < 1.29 is 4.79 Å². The first-order valence-corrected chi connectivity index (χ1v) is 9.99. The van der Waals surface area contributed by atoms with Crippen molar-refractivity contribution in [2.45, 2.75) is 24.1 Å². The van der Waals surface area contributed by atoms with Crippen LogP contribution in [0, 0.1) is 0 Å². The summed E-state index contributed by atoms with van der Waals surface area (Å²) in [5, 5.41) is 5.36. The summed E-state index contributed by atoms with van der Waals surface area (Å²) in [6.07, 6.45) is 2.23. The van der Waals surface area contributed by atoms with Crippen LogP contribution < -0.4 is 16.0 Å². The van der Waals surface area contributed by atoms with E-state index < -0.39 is 0 Å². The van der Waals surface area contributed by atoms with Crippen LogP contribution in [0.15, 0.2) is 65.7 Å². The molecule has 1 amide bonds. The number of anilines is 1. The minimum Gasteiger partial charge on any atom is -0.364 e. The van der Waals surface area contributed by atoms with Gasteiger partial charge in [0.15, 0.2) is 0 Å². The molecule has 26 heavy (non-hydrogen) atoms. The quantitative estimate of drug-likeness (QED) is 0.867. The van der Waals surface area contributed by atoms with E-state index in [2.05, 4.69) is 40.5 Å². The molecule has 1 saturated heterocycles. The van der Waals surface area contributed by atoms with Gasteiger partial charge in [0.25, 0.3) is 5.91 Å². The third-order valence-corrected chi connectivity index (χ3v) is 6.22. The zero-order valence-corrected chi connectivity index (χ0v) is 15.4. The fourth-order valence-corrected chi connectivity index (χ4v) is 4.99. The van der Waals surface area contributed by atoms with Crippen molar-refractivity contribution in [3.05, 3.63) is 76.8 Å². The maximum absolute atomic E-state index is 12.1. The molecule has 3 N–H and O–H groups in total. The molecule has 2 aromatic carbocycles. The molecule has 134 valence electrons. The Bertz CT molecular complexity index is 815. The maximum Gasteiger partial charge on any atom is 0.265 e. The summed E-state index contributed by atoms with van der Waals surface area (Å²) in [5.41, 5.74) is 9.88. The van der Waals surface area contributed by atoms with Gasteiger partial charge >= 0.3 is 0 Å². The van der Waals surface area contributed by atoms with E-state index in [4.69, 9.17) is 5.73 Å². The van der Waals surface area contributed by atoms with Crippen molar-refractivity contribution in [1.82, 2.24) is 5.32 Å². The van der Waals surface area contributed by atoms with Gasteiger partial charge in [0.1, 0.15) is 11.1 Å². The van der Waals surface area contributed by atoms with Crippen LogP contribution in [-0.2, 0) is 4.79 Å². The predicted octanol–water partition coefficient (Wildman–Crippen LogP) is 3.73. The number of para-hydroxylation sites is 1. The monoisotopic (exact) mass is 365 g/mol. The number of amides is 1. The Morgan fingerprint density at radius 1 is 1.04 bits per heavy atom. The minimum atomic E-state index is -0.379. The highest BCUT2D eigenvalue weighted by Gasteiger charge is 2.34. The van der Waals surface area contributed by atoms with Gasteiger partial charge in [0.05, 0.1) is 0 Å². The number of benzene rings is 2. The first kappa shape index (κ1) is 17.2. The summed E-state index contributed by atoms with van der Waals surface area (Å²) in [6.45, 7) is 2.07. The van der Waals surface area contributed by atoms with Crippen molar-refractivity contribution in [2.75, 3.05) is 18.0 Å². The van der Waals surface area contributed by atoms with E-state index in [0.29, 0.717) is 11.6 Å². The van der Waals surface area contributed by atoms with E-state index in [-0.39, 0.29) is 11.3 Å². The summed E-state index contributed by atoms with van der Waals surface area (Å²) < 4.78 is 0. The van der Waals surface area contributed by atoms with Crippen LogP contribution in [0.4, 0.5) is 5.69 Å². The molecule has 4 nitrogen and oxygen atoms in total. The molecule has 1 unspecified atom stereocenters. The zero-order valence-electron chi connectivity index (χ0n) is 14.6. The summed E-state index contributed by atoms with van der Waals surface area (Å²) in [4.78, 5) is 14.3. The van der Waals surface area contributed by atoms with Crippen molar-refractivity contribution in [3.63, 3.8) is 0 Å². The normalized spacial score (nSPS) is 20.8. The highest BCUT2D eigenvalue weighted by atomic mass is 32.2. The predicted molar refractivity (Wildman–Crippen MR) is 108 cm³/mol. The fourth-order valence-electron chi connectivity index (χ4n) is 3.84.